The van der Waals surface area contributed by atoms with E-state index < -0.39 is 22.3 Å². The Bertz CT molecular complexity index is 1350. The van der Waals surface area contributed by atoms with Crippen LogP contribution < -0.4 is 10.5 Å². The number of thiophene rings is 1. The quantitative estimate of drug-likeness (QED) is 0.276. The number of ketones is 1. The summed E-state index contributed by atoms with van der Waals surface area (Å²) in [5, 5.41) is 28.8. The van der Waals surface area contributed by atoms with Gasteiger partial charge in [-0.3, -0.25) is 8.98 Å². The maximum absolute atomic E-state index is 13.4. The lowest BCUT2D eigenvalue weighted by Gasteiger charge is -2.15. The third-order valence-electron chi connectivity index (χ3n) is 5.95. The lowest BCUT2D eigenvalue weighted by molar-refractivity contribution is 0.101. The minimum absolute atomic E-state index is 0.202. The van der Waals surface area contributed by atoms with Gasteiger partial charge in [-0.1, -0.05) is 23.7 Å². The highest BCUT2D eigenvalue weighted by Crippen LogP contribution is 2.32. The number of benzene rings is 1. The number of carbonyl (C=O) groups excluding carboxylic acids is 1. The molecular formula is C23H25ClN4O6S2. The van der Waals surface area contributed by atoms with E-state index in [-0.39, 0.29) is 30.6 Å². The second-order valence-corrected chi connectivity index (χ2v) is 11.3. The fourth-order valence-electron chi connectivity index (χ4n) is 4.25. The third kappa shape index (κ3) is 6.65. The van der Waals surface area contributed by atoms with Crippen molar-refractivity contribution < 1.29 is 27.6 Å². The Hall–Kier alpha value is -2.45. The van der Waals surface area contributed by atoms with Crippen LogP contribution in [0, 0.1) is 5.92 Å². The van der Waals surface area contributed by atoms with Gasteiger partial charge in [0.05, 0.1) is 29.8 Å². The molecule has 0 spiro atoms. The van der Waals surface area contributed by atoms with E-state index in [1.165, 1.54) is 23.9 Å². The summed E-state index contributed by atoms with van der Waals surface area (Å²) in [5.74, 6) is -0.446. The van der Waals surface area contributed by atoms with Crippen molar-refractivity contribution in [3.63, 3.8) is 0 Å². The zero-order valence-electron chi connectivity index (χ0n) is 19.0. The number of hydrogen-bond acceptors (Lipinski definition) is 10. The molecule has 2 aromatic heterocycles. The topological polar surface area (TPSA) is 165 Å². The highest BCUT2D eigenvalue weighted by Gasteiger charge is 2.35. The number of aromatic nitrogens is 2. The lowest BCUT2D eigenvalue weighted by atomic mass is 10.0. The van der Waals surface area contributed by atoms with Crippen LogP contribution in [0.15, 0.2) is 42.9 Å². The van der Waals surface area contributed by atoms with Crippen molar-refractivity contribution in [2.24, 2.45) is 11.1 Å². The van der Waals surface area contributed by atoms with Crippen LogP contribution in [0.4, 0.5) is 5.82 Å². The van der Waals surface area contributed by atoms with Crippen LogP contribution in [0.1, 0.15) is 44.1 Å². The molecule has 1 fully saturated rings. The van der Waals surface area contributed by atoms with Crippen LogP contribution in [0.5, 0.6) is 0 Å². The van der Waals surface area contributed by atoms with Crippen molar-refractivity contribution in [2.75, 3.05) is 11.9 Å². The zero-order valence-corrected chi connectivity index (χ0v) is 21.4. The summed E-state index contributed by atoms with van der Waals surface area (Å²) in [6, 6.07) is 8.88. The second kappa shape index (κ2) is 11.3. The number of anilines is 1. The van der Waals surface area contributed by atoms with E-state index in [0.29, 0.717) is 39.9 Å². The molecule has 0 saturated heterocycles. The standard InChI is InChI=1S/C23H25ClN4O6S2/c24-16-3-1-2-13(5-16)4-14-7-20(35-21(14)10-29)22(31)18-9-26-12-27-23(18)28-17-6-15(19(30)8-17)11-34-36(25,32)33/h1-3,5,7,9,12,15,17,19,29-30H,4,6,8,10-11H2,(H2,25,32,33)(H,26,27,28)/t15-,17-,19+/m1/s1. The first kappa shape index (κ1) is 26.6. The van der Waals surface area contributed by atoms with Gasteiger partial charge in [0, 0.05) is 28.1 Å². The number of carbonyl (C=O) groups is 1. The van der Waals surface area contributed by atoms with Crippen molar-refractivity contribution in [3.05, 3.63) is 74.3 Å². The van der Waals surface area contributed by atoms with E-state index in [1.807, 2.05) is 18.2 Å². The SMILES string of the molecule is NS(=O)(=O)OC[C@H]1C[C@@H](Nc2ncncc2C(=O)c2cc(Cc3cccc(Cl)c3)c(CO)s2)C[C@@H]1O. The Balaban J connectivity index is 1.50. The van der Waals surface area contributed by atoms with Gasteiger partial charge in [0.25, 0.3) is 0 Å². The summed E-state index contributed by atoms with van der Waals surface area (Å²) in [7, 11) is -4.11. The molecule has 1 aromatic carbocycles. The first-order chi connectivity index (χ1) is 17.1. The normalized spacial score (nSPS) is 19.9. The van der Waals surface area contributed by atoms with Crippen LogP contribution in [-0.2, 0) is 27.5 Å². The van der Waals surface area contributed by atoms with Crippen molar-refractivity contribution in [2.45, 2.75) is 38.0 Å². The molecule has 1 saturated carbocycles. The van der Waals surface area contributed by atoms with E-state index >= 15 is 0 Å². The molecule has 0 bridgehead atoms. The number of nitrogens with one attached hydrogen (secondary N) is 1. The number of aliphatic hydroxyl groups is 2. The van der Waals surface area contributed by atoms with E-state index in [1.54, 1.807) is 12.1 Å². The van der Waals surface area contributed by atoms with Crippen LogP contribution >= 0.6 is 22.9 Å². The van der Waals surface area contributed by atoms with Crippen molar-refractivity contribution in [1.82, 2.24) is 9.97 Å². The zero-order chi connectivity index (χ0) is 25.9. The van der Waals surface area contributed by atoms with Crippen LogP contribution in [-0.4, -0.2) is 53.1 Å². The molecule has 3 aromatic rings. The molecule has 10 nitrogen and oxygen atoms in total. The predicted molar refractivity (Wildman–Crippen MR) is 135 cm³/mol. The number of hydrogen-bond donors (Lipinski definition) is 4. The molecule has 1 aliphatic rings. The van der Waals surface area contributed by atoms with Gasteiger partial charge in [0.2, 0.25) is 5.78 Å². The lowest BCUT2D eigenvalue weighted by Crippen LogP contribution is -2.24. The molecule has 1 aliphatic carbocycles. The number of nitrogens with two attached hydrogens (primary N) is 1. The van der Waals surface area contributed by atoms with Gasteiger partial charge < -0.3 is 15.5 Å². The highest BCUT2D eigenvalue weighted by atomic mass is 35.5. The Morgan fingerprint density at radius 1 is 1.31 bits per heavy atom. The number of rotatable bonds is 10. The minimum atomic E-state index is -4.11. The molecule has 36 heavy (non-hydrogen) atoms. The summed E-state index contributed by atoms with van der Waals surface area (Å²) in [6.45, 7) is -0.436. The molecule has 0 aliphatic heterocycles. The second-order valence-electron chi connectivity index (χ2n) is 8.56. The molecule has 5 N–H and O–H groups in total. The van der Waals surface area contributed by atoms with Crippen LogP contribution in [0.25, 0.3) is 0 Å². The fraction of sp³-hybridized carbons (Fsp3) is 0.348. The van der Waals surface area contributed by atoms with E-state index in [0.717, 1.165) is 11.1 Å². The van der Waals surface area contributed by atoms with Gasteiger partial charge in [-0.05, 0) is 48.6 Å². The average molecular weight is 553 g/mol. The third-order valence-corrected chi connectivity index (χ3v) is 7.81. The summed E-state index contributed by atoms with van der Waals surface area (Å²) in [5.41, 5.74) is 2.03. The first-order valence-electron chi connectivity index (χ1n) is 11.1. The van der Waals surface area contributed by atoms with Gasteiger partial charge in [0.15, 0.2) is 0 Å². The summed E-state index contributed by atoms with van der Waals surface area (Å²) < 4.78 is 26.8. The highest BCUT2D eigenvalue weighted by molar-refractivity contribution is 7.84. The molecule has 4 rings (SSSR count). The van der Waals surface area contributed by atoms with E-state index in [9.17, 15) is 23.4 Å². The largest absolute Gasteiger partial charge is 0.393 e. The molecule has 0 amide bonds. The monoisotopic (exact) mass is 552 g/mol. The van der Waals surface area contributed by atoms with Crippen molar-refractivity contribution in [1.29, 1.82) is 0 Å². The maximum Gasteiger partial charge on any atom is 0.333 e. The Kier molecular flexibility index (Phi) is 8.35. The van der Waals surface area contributed by atoms with Crippen molar-refractivity contribution in [3.8, 4) is 0 Å². The summed E-state index contributed by atoms with van der Waals surface area (Å²) in [6.07, 6.45) is 3.14. The minimum Gasteiger partial charge on any atom is -0.393 e. The summed E-state index contributed by atoms with van der Waals surface area (Å²) >= 11 is 7.29. The van der Waals surface area contributed by atoms with Crippen LogP contribution in [0.3, 0.4) is 0 Å². The number of aliphatic hydroxyl groups excluding tert-OH is 2. The Morgan fingerprint density at radius 2 is 2.11 bits per heavy atom. The smallest absolute Gasteiger partial charge is 0.333 e. The Morgan fingerprint density at radius 3 is 2.83 bits per heavy atom. The molecule has 2 heterocycles. The molecule has 192 valence electrons. The molecule has 3 atom stereocenters. The van der Waals surface area contributed by atoms with Crippen molar-refractivity contribution >= 4 is 44.8 Å². The fourth-order valence-corrected chi connectivity index (χ4v) is 5.82. The van der Waals surface area contributed by atoms with Gasteiger partial charge in [-0.25, -0.2) is 15.1 Å². The Labute approximate surface area is 217 Å². The van der Waals surface area contributed by atoms with Gasteiger partial charge >= 0.3 is 10.3 Å². The first-order valence-corrected chi connectivity index (χ1v) is 13.7. The summed E-state index contributed by atoms with van der Waals surface area (Å²) in [4.78, 5) is 22.7. The van der Waals surface area contributed by atoms with Gasteiger partial charge in [-0.2, -0.15) is 8.42 Å². The van der Waals surface area contributed by atoms with E-state index in [4.69, 9.17) is 16.7 Å². The predicted octanol–water partition coefficient (Wildman–Crippen LogP) is 2.28. The van der Waals surface area contributed by atoms with Gasteiger partial charge in [-0.15, -0.1) is 11.3 Å². The number of nitrogens with zero attached hydrogens (tertiary/aromatic N) is 2. The molecular weight excluding hydrogens is 528 g/mol. The molecule has 0 radical (unpaired) electrons. The van der Waals surface area contributed by atoms with Gasteiger partial charge in [0.1, 0.15) is 12.1 Å². The number of halogens is 1. The average Bonchev–Trinajstić information content (AvgIpc) is 3.39. The maximum atomic E-state index is 13.4. The molecule has 13 heteroatoms. The van der Waals surface area contributed by atoms with E-state index in [2.05, 4.69) is 19.5 Å². The van der Waals surface area contributed by atoms with Crippen LogP contribution in [0.2, 0.25) is 5.02 Å². The molecule has 0 unspecified atom stereocenters.